The van der Waals surface area contributed by atoms with E-state index in [0.717, 1.165) is 36.6 Å². The average Bonchev–Trinajstić information content (AvgIpc) is 3.33. The van der Waals surface area contributed by atoms with Crippen LogP contribution < -0.4 is 9.64 Å². The summed E-state index contributed by atoms with van der Waals surface area (Å²) < 4.78 is 52.1. The number of imidazole rings is 1. The van der Waals surface area contributed by atoms with Gasteiger partial charge in [-0.25, -0.2) is 14.2 Å². The molecule has 1 aliphatic heterocycles. The monoisotopic (exact) mass is 559 g/mol. The summed E-state index contributed by atoms with van der Waals surface area (Å²) in [4.78, 5) is 31.3. The Morgan fingerprint density at radius 1 is 1.15 bits per heavy atom. The van der Waals surface area contributed by atoms with Gasteiger partial charge in [-0.2, -0.15) is 8.78 Å². The molecule has 1 fully saturated rings. The maximum absolute atomic E-state index is 14.3. The molecule has 8 nitrogen and oxygen atoms in total. The third-order valence-electron chi connectivity index (χ3n) is 8.17. The fourth-order valence-electron chi connectivity index (χ4n) is 6.21. The Morgan fingerprint density at radius 2 is 1.93 bits per heavy atom. The number of ether oxygens (including phenoxy) is 2. The zero-order valence-electron chi connectivity index (χ0n) is 22.6. The molecule has 3 aromatic rings. The molecular weight excluding hydrogens is 527 g/mol. The number of methoxy groups -OCH3 is 1. The third-order valence-corrected chi connectivity index (χ3v) is 8.17. The summed E-state index contributed by atoms with van der Waals surface area (Å²) in [5.41, 5.74) is 2.46. The molecule has 4 atom stereocenters. The van der Waals surface area contributed by atoms with Crippen LogP contribution in [0.15, 0.2) is 30.3 Å². The first kappa shape index (κ1) is 27.9. The summed E-state index contributed by atoms with van der Waals surface area (Å²) in [5, 5.41) is 11.6. The van der Waals surface area contributed by atoms with Crippen LogP contribution in [0.2, 0.25) is 0 Å². The molecule has 214 valence electrons. The van der Waals surface area contributed by atoms with Crippen molar-refractivity contribution in [2.75, 3.05) is 12.0 Å². The van der Waals surface area contributed by atoms with Crippen LogP contribution in [0.3, 0.4) is 0 Å². The van der Waals surface area contributed by atoms with Gasteiger partial charge in [-0.15, -0.1) is 0 Å². The van der Waals surface area contributed by atoms with Gasteiger partial charge in [0.2, 0.25) is 0 Å². The number of fused-ring (bicyclic) bond motifs is 3. The second-order valence-electron chi connectivity index (χ2n) is 10.6. The molecule has 11 heteroatoms. The van der Waals surface area contributed by atoms with Gasteiger partial charge in [0.25, 0.3) is 0 Å². The molecule has 0 bridgehead atoms. The highest BCUT2D eigenvalue weighted by molar-refractivity contribution is 5.95. The molecule has 40 heavy (non-hydrogen) atoms. The van der Waals surface area contributed by atoms with Crippen LogP contribution in [0.1, 0.15) is 75.0 Å². The van der Waals surface area contributed by atoms with Crippen LogP contribution >= 0.6 is 0 Å². The first-order valence-corrected chi connectivity index (χ1v) is 13.4. The number of carbonyl (C=O) groups is 2. The minimum absolute atomic E-state index is 0.0778. The molecule has 2 aromatic carbocycles. The summed E-state index contributed by atoms with van der Waals surface area (Å²) in [6, 6.07) is 6.29. The Bertz CT molecular complexity index is 1440. The lowest BCUT2D eigenvalue weighted by Crippen LogP contribution is -2.42. The van der Waals surface area contributed by atoms with Crippen molar-refractivity contribution in [3.8, 4) is 5.75 Å². The van der Waals surface area contributed by atoms with Crippen LogP contribution in [0.5, 0.6) is 5.75 Å². The highest BCUT2D eigenvalue weighted by Crippen LogP contribution is 2.43. The van der Waals surface area contributed by atoms with Crippen LogP contribution in [0, 0.1) is 11.7 Å². The number of halogens is 3. The Kier molecular flexibility index (Phi) is 7.76. The molecule has 0 unspecified atom stereocenters. The molecule has 0 saturated heterocycles. The smallest absolute Gasteiger partial charge is 0.414 e. The van der Waals surface area contributed by atoms with E-state index in [0.29, 0.717) is 42.4 Å². The number of aliphatic hydroxyl groups is 1. The second-order valence-corrected chi connectivity index (χ2v) is 10.6. The Labute approximate surface area is 229 Å². The highest BCUT2D eigenvalue weighted by atomic mass is 19.3. The van der Waals surface area contributed by atoms with Crippen molar-refractivity contribution in [1.29, 1.82) is 0 Å². The maximum atomic E-state index is 14.3. The molecule has 1 saturated carbocycles. The standard InChI is InChI=1S/C29H32F3N3O5/c1-15-7-9-20-22(34(15)29(38)39-3)10-11-23-25(20)33-27(35(23)19-6-4-5-17(13-19)16(2)36)26(37)21-14-18(30)8-12-24(21)40-28(31)32/h8,10-12,14-15,17,19,26,28,37H,4-7,9,13H2,1-3H3/t15-,17+,19+,26+/m0/s1. The van der Waals surface area contributed by atoms with Crippen molar-refractivity contribution in [2.24, 2.45) is 5.92 Å². The topological polar surface area (TPSA) is 93.9 Å². The third kappa shape index (κ3) is 5.02. The fraction of sp³-hybridized carbons (Fsp3) is 0.483. The van der Waals surface area contributed by atoms with Crippen LogP contribution in [-0.4, -0.2) is 46.3 Å². The molecule has 1 N–H and O–H groups in total. The van der Waals surface area contributed by atoms with Crippen LogP contribution in [0.25, 0.3) is 11.0 Å². The molecule has 5 rings (SSSR count). The number of aromatic nitrogens is 2. The number of Topliss-reactive ketones (excluding diaryl/α,β-unsaturated/α-hetero) is 1. The van der Waals surface area contributed by atoms with E-state index in [1.807, 2.05) is 23.6 Å². The number of carbonyl (C=O) groups excluding carboxylic acids is 2. The summed E-state index contributed by atoms with van der Waals surface area (Å²) in [5.74, 6) is -1.05. The predicted molar refractivity (Wildman–Crippen MR) is 141 cm³/mol. The summed E-state index contributed by atoms with van der Waals surface area (Å²) >= 11 is 0. The molecule has 2 aliphatic rings. The minimum Gasteiger partial charge on any atom is -0.452 e. The van der Waals surface area contributed by atoms with E-state index in [2.05, 4.69) is 4.74 Å². The molecule has 1 amide bonds. The van der Waals surface area contributed by atoms with E-state index in [4.69, 9.17) is 9.72 Å². The Hall–Kier alpha value is -3.60. The second kappa shape index (κ2) is 11.1. The van der Waals surface area contributed by atoms with Gasteiger partial charge in [-0.3, -0.25) is 9.69 Å². The number of hydrogen-bond donors (Lipinski definition) is 1. The number of nitrogens with zero attached hydrogens (tertiary/aromatic N) is 3. The average molecular weight is 560 g/mol. The number of rotatable bonds is 6. The summed E-state index contributed by atoms with van der Waals surface area (Å²) in [6.07, 6.45) is 1.91. The van der Waals surface area contributed by atoms with Crippen LogP contribution in [-0.2, 0) is 16.0 Å². The molecule has 1 aromatic heterocycles. The normalized spacial score (nSPS) is 21.8. The number of anilines is 1. The Morgan fingerprint density at radius 3 is 2.62 bits per heavy atom. The van der Waals surface area contributed by atoms with Crippen molar-refractivity contribution in [2.45, 2.75) is 77.2 Å². The summed E-state index contributed by atoms with van der Waals surface area (Å²) in [6.45, 7) is 0.313. The zero-order valence-corrected chi connectivity index (χ0v) is 22.6. The van der Waals surface area contributed by atoms with Gasteiger partial charge in [0.1, 0.15) is 29.3 Å². The Balaban J connectivity index is 1.71. The van der Waals surface area contributed by atoms with E-state index >= 15 is 0 Å². The zero-order chi connectivity index (χ0) is 28.7. The quantitative estimate of drug-likeness (QED) is 0.393. The van der Waals surface area contributed by atoms with E-state index in [9.17, 15) is 27.9 Å². The number of hydrogen-bond acceptors (Lipinski definition) is 6. The maximum Gasteiger partial charge on any atom is 0.414 e. The van der Waals surface area contributed by atoms with Crippen molar-refractivity contribution >= 4 is 28.6 Å². The van der Waals surface area contributed by atoms with E-state index < -0.39 is 24.6 Å². The molecular formula is C29H32F3N3O5. The van der Waals surface area contributed by atoms with E-state index in [1.165, 1.54) is 7.11 Å². The number of ketones is 1. The first-order valence-electron chi connectivity index (χ1n) is 13.4. The number of aryl methyl sites for hydroxylation is 1. The fourth-order valence-corrected chi connectivity index (χ4v) is 6.21. The van der Waals surface area contributed by atoms with Gasteiger partial charge >= 0.3 is 12.7 Å². The van der Waals surface area contributed by atoms with Gasteiger partial charge in [0.15, 0.2) is 0 Å². The van der Waals surface area contributed by atoms with Crippen LogP contribution in [0.4, 0.5) is 23.7 Å². The van der Waals surface area contributed by atoms with E-state index in [1.54, 1.807) is 11.8 Å². The van der Waals surface area contributed by atoms with Gasteiger partial charge in [-0.1, -0.05) is 6.42 Å². The van der Waals surface area contributed by atoms with Crippen molar-refractivity contribution in [1.82, 2.24) is 9.55 Å². The molecule has 1 aliphatic carbocycles. The molecule has 0 radical (unpaired) electrons. The number of amides is 1. The van der Waals surface area contributed by atoms with Gasteiger partial charge < -0.3 is 19.1 Å². The minimum atomic E-state index is -3.18. The van der Waals surface area contributed by atoms with Crippen molar-refractivity contribution in [3.05, 3.63) is 53.1 Å². The highest BCUT2D eigenvalue weighted by Gasteiger charge is 2.35. The number of aliphatic hydroxyl groups excluding tert-OH is 1. The van der Waals surface area contributed by atoms with E-state index in [-0.39, 0.29) is 40.9 Å². The number of benzene rings is 2. The van der Waals surface area contributed by atoms with Crippen molar-refractivity contribution in [3.63, 3.8) is 0 Å². The predicted octanol–water partition coefficient (Wildman–Crippen LogP) is 6.09. The lowest BCUT2D eigenvalue weighted by Gasteiger charge is -2.34. The molecule has 2 heterocycles. The number of alkyl halides is 2. The lowest BCUT2D eigenvalue weighted by molar-refractivity contribution is -0.122. The first-order chi connectivity index (χ1) is 19.1. The SMILES string of the molecule is COC(=O)N1c2ccc3c(nc([C@H](O)c4cc(F)ccc4OC(F)F)n3[C@@H]3CCC[C@@H](C(C)=O)C3)c2CC[C@@H]1C. The largest absolute Gasteiger partial charge is 0.452 e. The van der Waals surface area contributed by atoms with Crippen molar-refractivity contribution < 1.29 is 37.3 Å². The molecule has 0 spiro atoms. The lowest BCUT2D eigenvalue weighted by atomic mass is 9.83. The van der Waals surface area contributed by atoms with Gasteiger partial charge in [-0.05, 0) is 76.3 Å². The summed E-state index contributed by atoms with van der Waals surface area (Å²) in [7, 11) is 1.32. The van der Waals surface area contributed by atoms with Gasteiger partial charge in [0.05, 0.1) is 23.8 Å². The van der Waals surface area contributed by atoms with Gasteiger partial charge in [0, 0.05) is 29.1 Å².